The van der Waals surface area contributed by atoms with Gasteiger partial charge in [0.05, 0.1) is 17.4 Å². The van der Waals surface area contributed by atoms with Gasteiger partial charge < -0.3 is 10.1 Å². The van der Waals surface area contributed by atoms with Crippen LogP contribution in [0.5, 0.6) is 0 Å². The number of nitro benzene ring substituents is 1. The molecule has 11 nitrogen and oxygen atoms in total. The molecular formula is C22H22N4O7. The average Bonchev–Trinajstić information content (AvgIpc) is 3.14. The largest absolute Gasteiger partial charge is 0.455 e. The van der Waals surface area contributed by atoms with Crippen molar-refractivity contribution >= 4 is 35.1 Å². The molecule has 0 saturated carbocycles. The third-order valence-corrected chi connectivity index (χ3v) is 5.18. The Morgan fingerprint density at radius 2 is 1.88 bits per heavy atom. The second kappa shape index (κ2) is 9.90. The van der Waals surface area contributed by atoms with Crippen LogP contribution in [0.3, 0.4) is 0 Å². The van der Waals surface area contributed by atoms with Crippen LogP contribution in [-0.4, -0.2) is 46.8 Å². The molecule has 0 spiro atoms. The van der Waals surface area contributed by atoms with Gasteiger partial charge in [-0.05, 0) is 43.2 Å². The summed E-state index contributed by atoms with van der Waals surface area (Å²) in [7, 11) is 0. The van der Waals surface area contributed by atoms with Crippen molar-refractivity contribution in [3.05, 3.63) is 69.3 Å². The van der Waals surface area contributed by atoms with Crippen LogP contribution in [0.4, 0.5) is 11.4 Å². The molecular weight excluding hydrogens is 432 g/mol. The number of esters is 1. The number of nitrogens with one attached hydrogen (secondary N) is 2. The number of hydrogen-bond donors (Lipinski definition) is 2. The van der Waals surface area contributed by atoms with Gasteiger partial charge in [0, 0.05) is 18.2 Å². The number of amides is 3. The van der Waals surface area contributed by atoms with Crippen molar-refractivity contribution in [2.45, 2.75) is 20.3 Å². The van der Waals surface area contributed by atoms with E-state index in [4.69, 9.17) is 4.74 Å². The number of nitro groups is 1. The zero-order valence-corrected chi connectivity index (χ0v) is 18.0. The van der Waals surface area contributed by atoms with Crippen molar-refractivity contribution in [3.63, 3.8) is 0 Å². The summed E-state index contributed by atoms with van der Waals surface area (Å²) in [6.45, 7) is 3.14. The lowest BCUT2D eigenvalue weighted by molar-refractivity contribution is -0.385. The maximum atomic E-state index is 12.4. The van der Waals surface area contributed by atoms with Crippen molar-refractivity contribution < 1.29 is 28.8 Å². The minimum Gasteiger partial charge on any atom is -0.455 e. The highest BCUT2D eigenvalue weighted by Gasteiger charge is 2.37. The minimum absolute atomic E-state index is 0.178. The first-order chi connectivity index (χ1) is 15.7. The standard InChI is InChI=1S/C22H22N4O7/c1-13-7-8-16(9-14(13)2)23-19(27)12-33-22(30)15-10-20(28)25(11-15)24-21(29)17-5-3-4-6-18(17)26(31)32/h3-9,15H,10-12H2,1-2H3,(H,23,27)(H,24,29)/t15-/m1/s1. The van der Waals surface area contributed by atoms with Gasteiger partial charge in [-0.3, -0.25) is 39.7 Å². The van der Waals surface area contributed by atoms with Crippen molar-refractivity contribution in [2.75, 3.05) is 18.5 Å². The molecule has 0 aromatic heterocycles. The monoisotopic (exact) mass is 454 g/mol. The number of carbonyl (C=O) groups excluding carboxylic acids is 4. The molecule has 1 aliphatic heterocycles. The van der Waals surface area contributed by atoms with Crippen LogP contribution in [0.1, 0.15) is 27.9 Å². The molecule has 33 heavy (non-hydrogen) atoms. The number of para-hydroxylation sites is 1. The van der Waals surface area contributed by atoms with Crippen LogP contribution < -0.4 is 10.7 Å². The highest BCUT2D eigenvalue weighted by Crippen LogP contribution is 2.21. The van der Waals surface area contributed by atoms with Gasteiger partial charge in [0.2, 0.25) is 5.91 Å². The molecule has 2 aromatic rings. The molecule has 0 unspecified atom stereocenters. The summed E-state index contributed by atoms with van der Waals surface area (Å²) in [5, 5.41) is 14.6. The quantitative estimate of drug-likeness (QED) is 0.369. The zero-order chi connectivity index (χ0) is 24.1. The van der Waals surface area contributed by atoms with Crippen molar-refractivity contribution in [1.82, 2.24) is 10.4 Å². The summed E-state index contributed by atoms with van der Waals surface area (Å²) in [4.78, 5) is 59.4. The summed E-state index contributed by atoms with van der Waals surface area (Å²) in [5.41, 5.74) is 4.30. The Labute approximate surface area is 188 Å². The maximum absolute atomic E-state index is 12.4. The highest BCUT2D eigenvalue weighted by atomic mass is 16.6. The van der Waals surface area contributed by atoms with Gasteiger partial charge in [-0.1, -0.05) is 18.2 Å². The highest BCUT2D eigenvalue weighted by molar-refractivity contribution is 5.99. The Morgan fingerprint density at radius 1 is 1.15 bits per heavy atom. The number of hydrazine groups is 1. The normalized spacial score (nSPS) is 15.2. The fourth-order valence-corrected chi connectivity index (χ4v) is 3.25. The predicted octanol–water partition coefficient (Wildman–Crippen LogP) is 1.89. The molecule has 1 saturated heterocycles. The molecule has 1 fully saturated rings. The van der Waals surface area contributed by atoms with Crippen molar-refractivity contribution in [1.29, 1.82) is 0 Å². The zero-order valence-electron chi connectivity index (χ0n) is 18.0. The van der Waals surface area contributed by atoms with E-state index < -0.39 is 46.8 Å². The lowest BCUT2D eigenvalue weighted by Crippen LogP contribution is -2.43. The molecule has 2 aromatic carbocycles. The van der Waals surface area contributed by atoms with Gasteiger partial charge in [-0.15, -0.1) is 0 Å². The minimum atomic E-state index is -0.891. The predicted molar refractivity (Wildman–Crippen MR) is 116 cm³/mol. The van der Waals surface area contributed by atoms with E-state index in [1.54, 1.807) is 12.1 Å². The molecule has 172 valence electrons. The van der Waals surface area contributed by atoms with Crippen LogP contribution in [0.15, 0.2) is 42.5 Å². The van der Waals surface area contributed by atoms with E-state index in [9.17, 15) is 29.3 Å². The molecule has 0 bridgehead atoms. The number of carbonyl (C=O) groups is 4. The number of nitrogens with zero attached hydrogens (tertiary/aromatic N) is 2. The molecule has 3 rings (SSSR count). The van der Waals surface area contributed by atoms with Crippen LogP contribution in [0.2, 0.25) is 0 Å². The van der Waals surface area contributed by atoms with Gasteiger partial charge in [-0.2, -0.15) is 0 Å². The number of ether oxygens (including phenoxy) is 1. The summed E-state index contributed by atoms with van der Waals surface area (Å²) >= 11 is 0. The van der Waals surface area contributed by atoms with E-state index in [2.05, 4.69) is 10.7 Å². The topological polar surface area (TPSA) is 148 Å². The van der Waals surface area contributed by atoms with E-state index in [-0.39, 0.29) is 18.5 Å². The fraction of sp³-hybridized carbons (Fsp3) is 0.273. The third kappa shape index (κ3) is 5.70. The summed E-state index contributed by atoms with van der Waals surface area (Å²) in [5.74, 6) is -3.59. The first-order valence-electron chi connectivity index (χ1n) is 10.0. The van der Waals surface area contributed by atoms with Crippen LogP contribution in [0, 0.1) is 29.9 Å². The SMILES string of the molecule is Cc1ccc(NC(=O)COC(=O)[C@@H]2CC(=O)N(NC(=O)c3ccccc3[N+](=O)[O-])C2)cc1C. The molecule has 1 aliphatic rings. The van der Waals surface area contributed by atoms with Crippen LogP contribution in [-0.2, 0) is 19.1 Å². The van der Waals surface area contributed by atoms with E-state index in [1.807, 2.05) is 19.9 Å². The van der Waals surface area contributed by atoms with Gasteiger partial charge >= 0.3 is 5.97 Å². The van der Waals surface area contributed by atoms with Gasteiger partial charge in [0.1, 0.15) is 5.56 Å². The second-order valence-corrected chi connectivity index (χ2v) is 7.58. The molecule has 1 heterocycles. The van der Waals surface area contributed by atoms with Crippen LogP contribution in [0.25, 0.3) is 0 Å². The Hall–Kier alpha value is -4.28. The van der Waals surface area contributed by atoms with E-state index in [1.165, 1.54) is 24.3 Å². The number of benzene rings is 2. The lowest BCUT2D eigenvalue weighted by atomic mass is 10.1. The van der Waals surface area contributed by atoms with Gasteiger partial charge in [0.15, 0.2) is 6.61 Å². The lowest BCUT2D eigenvalue weighted by Gasteiger charge is -2.17. The third-order valence-electron chi connectivity index (χ3n) is 5.18. The summed E-state index contributed by atoms with van der Waals surface area (Å²) in [6.07, 6.45) is -0.227. The molecule has 0 aliphatic carbocycles. The van der Waals surface area contributed by atoms with Gasteiger partial charge in [0.25, 0.3) is 17.5 Å². The smallest absolute Gasteiger partial charge is 0.311 e. The molecule has 11 heteroatoms. The Morgan fingerprint density at radius 3 is 2.58 bits per heavy atom. The van der Waals surface area contributed by atoms with Crippen LogP contribution >= 0.6 is 0 Å². The Balaban J connectivity index is 1.52. The Kier molecular flexibility index (Phi) is 7.01. The summed E-state index contributed by atoms with van der Waals surface area (Å²) in [6, 6.07) is 10.7. The average molecular weight is 454 g/mol. The molecule has 1 atom stereocenters. The van der Waals surface area contributed by atoms with E-state index in [0.717, 1.165) is 16.1 Å². The fourth-order valence-electron chi connectivity index (χ4n) is 3.25. The molecule has 3 amide bonds. The van der Waals surface area contributed by atoms with Crippen molar-refractivity contribution in [2.24, 2.45) is 5.92 Å². The summed E-state index contributed by atoms with van der Waals surface area (Å²) < 4.78 is 5.02. The molecule has 2 N–H and O–H groups in total. The first kappa shape index (κ1) is 23.4. The number of aryl methyl sites for hydroxylation is 2. The van der Waals surface area contributed by atoms with Gasteiger partial charge in [-0.25, -0.2) is 0 Å². The van der Waals surface area contributed by atoms with Crippen molar-refractivity contribution in [3.8, 4) is 0 Å². The second-order valence-electron chi connectivity index (χ2n) is 7.58. The maximum Gasteiger partial charge on any atom is 0.311 e. The van der Waals surface area contributed by atoms with E-state index >= 15 is 0 Å². The van der Waals surface area contributed by atoms with E-state index in [0.29, 0.717) is 5.69 Å². The number of hydrogen-bond acceptors (Lipinski definition) is 7. The molecule has 0 radical (unpaired) electrons. The Bertz CT molecular complexity index is 1130. The first-order valence-corrected chi connectivity index (χ1v) is 10.0. The number of anilines is 1. The number of rotatable bonds is 7.